The van der Waals surface area contributed by atoms with Crippen LogP contribution in [0.1, 0.15) is 12.5 Å². The van der Waals surface area contributed by atoms with Gasteiger partial charge in [0.2, 0.25) is 6.29 Å². The molecule has 110 valence electrons. The van der Waals surface area contributed by atoms with E-state index >= 15 is 0 Å². The smallest absolute Gasteiger partial charge is 0.218 e. The first-order chi connectivity index (χ1) is 10.1. The van der Waals surface area contributed by atoms with Gasteiger partial charge in [0.1, 0.15) is 6.10 Å². The summed E-state index contributed by atoms with van der Waals surface area (Å²) in [6.07, 6.45) is 0.991. The SMILES string of the molecule is Cn1c(-c2ccco2)nn([C@H]2CC(=O)[C@@H]3OC[C@H]2O3)c1=S. The molecule has 3 atom stereocenters. The molecular formula is C13H13N3O4S. The number of hydrogen-bond donors (Lipinski definition) is 0. The summed E-state index contributed by atoms with van der Waals surface area (Å²) in [7, 11) is 1.82. The van der Waals surface area contributed by atoms with Crippen molar-refractivity contribution in [2.45, 2.75) is 24.9 Å². The second-order valence-electron chi connectivity index (χ2n) is 5.16. The number of aromatic nitrogens is 3. The maximum absolute atomic E-state index is 11.9. The van der Waals surface area contributed by atoms with E-state index in [-0.39, 0.29) is 17.9 Å². The van der Waals surface area contributed by atoms with Crippen LogP contribution < -0.4 is 0 Å². The van der Waals surface area contributed by atoms with E-state index in [4.69, 9.17) is 26.1 Å². The zero-order valence-electron chi connectivity index (χ0n) is 11.3. The summed E-state index contributed by atoms with van der Waals surface area (Å²) in [5, 5.41) is 4.52. The number of nitrogens with zero attached hydrogens (tertiary/aromatic N) is 3. The number of ketones is 1. The van der Waals surface area contributed by atoms with E-state index < -0.39 is 6.29 Å². The maximum atomic E-state index is 11.9. The topological polar surface area (TPSA) is 71.4 Å². The average Bonchev–Trinajstić information content (AvgIpc) is 3.18. The molecule has 2 aromatic rings. The Morgan fingerprint density at radius 2 is 2.33 bits per heavy atom. The highest BCUT2D eigenvalue weighted by Gasteiger charge is 2.45. The fourth-order valence-corrected chi connectivity index (χ4v) is 3.02. The monoisotopic (exact) mass is 307 g/mol. The molecule has 8 heteroatoms. The van der Waals surface area contributed by atoms with Gasteiger partial charge in [-0.1, -0.05) is 0 Å². The quantitative estimate of drug-likeness (QED) is 0.782. The van der Waals surface area contributed by atoms with Crippen LogP contribution in [0.25, 0.3) is 11.6 Å². The summed E-state index contributed by atoms with van der Waals surface area (Å²) in [5.74, 6) is 1.19. The second kappa shape index (κ2) is 4.62. The maximum Gasteiger partial charge on any atom is 0.218 e. The molecule has 0 radical (unpaired) electrons. The predicted octanol–water partition coefficient (Wildman–Crippen LogP) is 1.47. The van der Waals surface area contributed by atoms with Crippen LogP contribution in [-0.2, 0) is 21.3 Å². The summed E-state index contributed by atoms with van der Waals surface area (Å²) in [6.45, 7) is 0.384. The largest absolute Gasteiger partial charge is 0.461 e. The number of hydrogen-bond acceptors (Lipinski definition) is 6. The molecule has 2 aliphatic rings. The van der Waals surface area contributed by atoms with Crippen LogP contribution >= 0.6 is 12.2 Å². The number of fused-ring (bicyclic) bond motifs is 2. The summed E-state index contributed by atoms with van der Waals surface area (Å²) < 4.78 is 20.2. The molecule has 0 spiro atoms. The lowest BCUT2D eigenvalue weighted by molar-refractivity contribution is -0.156. The van der Waals surface area contributed by atoms with E-state index in [9.17, 15) is 4.79 Å². The third-order valence-electron chi connectivity index (χ3n) is 3.87. The van der Waals surface area contributed by atoms with E-state index in [0.29, 0.717) is 29.4 Å². The molecule has 4 rings (SSSR count). The van der Waals surface area contributed by atoms with Gasteiger partial charge in [-0.15, -0.1) is 5.10 Å². The van der Waals surface area contributed by atoms with Gasteiger partial charge in [-0.25, -0.2) is 4.68 Å². The number of Topliss-reactive ketones (excluding diaryl/α,β-unsaturated/α-hetero) is 1. The highest BCUT2D eigenvalue weighted by Crippen LogP contribution is 2.33. The molecule has 0 amide bonds. The molecule has 21 heavy (non-hydrogen) atoms. The first kappa shape index (κ1) is 12.9. The first-order valence-electron chi connectivity index (χ1n) is 6.64. The van der Waals surface area contributed by atoms with Gasteiger partial charge in [0.15, 0.2) is 22.1 Å². The molecule has 0 aliphatic carbocycles. The third-order valence-corrected chi connectivity index (χ3v) is 4.33. The van der Waals surface area contributed by atoms with Crippen molar-refractivity contribution in [1.29, 1.82) is 0 Å². The van der Waals surface area contributed by atoms with Crippen LogP contribution in [0.2, 0.25) is 0 Å². The summed E-state index contributed by atoms with van der Waals surface area (Å²) >= 11 is 5.44. The van der Waals surface area contributed by atoms with Gasteiger partial charge in [0.25, 0.3) is 0 Å². The molecule has 2 fully saturated rings. The number of furan rings is 1. The van der Waals surface area contributed by atoms with Crippen LogP contribution in [0.5, 0.6) is 0 Å². The predicted molar refractivity (Wildman–Crippen MR) is 73.0 cm³/mol. The Morgan fingerprint density at radius 3 is 3.10 bits per heavy atom. The van der Waals surface area contributed by atoms with Gasteiger partial charge in [-0.05, 0) is 24.4 Å². The van der Waals surface area contributed by atoms with Gasteiger partial charge >= 0.3 is 0 Å². The summed E-state index contributed by atoms with van der Waals surface area (Å²) in [5.41, 5.74) is 0. The lowest BCUT2D eigenvalue weighted by atomic mass is 10.0. The molecule has 0 saturated carbocycles. The number of rotatable bonds is 2. The average molecular weight is 307 g/mol. The molecule has 4 heterocycles. The van der Waals surface area contributed by atoms with Crippen molar-refractivity contribution in [2.24, 2.45) is 7.05 Å². The summed E-state index contributed by atoms with van der Waals surface area (Å²) in [4.78, 5) is 11.9. The number of carbonyl (C=O) groups excluding carboxylic acids is 1. The molecular weight excluding hydrogens is 294 g/mol. The van der Waals surface area contributed by atoms with Crippen LogP contribution in [0.15, 0.2) is 22.8 Å². The minimum absolute atomic E-state index is 0.0687. The Kier molecular flexibility index (Phi) is 2.84. The molecule has 0 N–H and O–H groups in total. The van der Waals surface area contributed by atoms with Gasteiger partial charge in [-0.2, -0.15) is 0 Å². The van der Waals surface area contributed by atoms with E-state index in [1.165, 1.54) is 0 Å². The fraction of sp³-hybridized carbons (Fsp3) is 0.462. The van der Waals surface area contributed by atoms with Crippen molar-refractivity contribution in [1.82, 2.24) is 14.3 Å². The highest BCUT2D eigenvalue weighted by atomic mass is 32.1. The molecule has 2 saturated heterocycles. The van der Waals surface area contributed by atoms with Crippen molar-refractivity contribution in [2.75, 3.05) is 6.61 Å². The van der Waals surface area contributed by atoms with Crippen molar-refractivity contribution in [3.63, 3.8) is 0 Å². The lowest BCUT2D eigenvalue weighted by Crippen LogP contribution is -2.37. The Morgan fingerprint density at radius 1 is 1.48 bits per heavy atom. The highest BCUT2D eigenvalue weighted by molar-refractivity contribution is 7.71. The fourth-order valence-electron chi connectivity index (χ4n) is 2.76. The van der Waals surface area contributed by atoms with Gasteiger partial charge in [0.05, 0.1) is 18.9 Å². The molecule has 7 nitrogen and oxygen atoms in total. The second-order valence-corrected chi connectivity index (χ2v) is 5.53. The van der Waals surface area contributed by atoms with Crippen molar-refractivity contribution >= 4 is 18.0 Å². The van der Waals surface area contributed by atoms with Gasteiger partial charge in [0, 0.05) is 13.5 Å². The lowest BCUT2D eigenvalue weighted by Gasteiger charge is -2.26. The normalized spacial score (nSPS) is 28.2. The van der Waals surface area contributed by atoms with Gasteiger partial charge < -0.3 is 18.5 Å². The van der Waals surface area contributed by atoms with Crippen molar-refractivity contribution in [3.05, 3.63) is 23.2 Å². The first-order valence-corrected chi connectivity index (χ1v) is 7.05. The van der Waals surface area contributed by atoms with Crippen LogP contribution in [0.3, 0.4) is 0 Å². The zero-order chi connectivity index (χ0) is 14.6. The number of ether oxygens (including phenoxy) is 2. The Labute approximate surface area is 125 Å². The molecule has 2 bridgehead atoms. The van der Waals surface area contributed by atoms with Crippen LogP contribution in [-0.4, -0.2) is 39.1 Å². The Hall–Kier alpha value is -1.77. The summed E-state index contributed by atoms with van der Waals surface area (Å²) in [6, 6.07) is 3.37. The third kappa shape index (κ3) is 1.90. The zero-order valence-corrected chi connectivity index (χ0v) is 12.1. The Bertz CT molecular complexity index is 748. The number of carbonyl (C=O) groups is 1. The minimum atomic E-state index is -0.714. The van der Waals surface area contributed by atoms with Crippen LogP contribution in [0, 0.1) is 4.77 Å². The molecule has 2 aromatic heterocycles. The Balaban J connectivity index is 1.77. The van der Waals surface area contributed by atoms with Crippen molar-refractivity contribution in [3.8, 4) is 11.6 Å². The van der Waals surface area contributed by atoms with Gasteiger partial charge in [-0.3, -0.25) is 4.79 Å². The molecule has 0 aromatic carbocycles. The molecule has 2 aliphatic heterocycles. The van der Waals surface area contributed by atoms with E-state index in [2.05, 4.69) is 5.10 Å². The van der Waals surface area contributed by atoms with Crippen LogP contribution in [0.4, 0.5) is 0 Å². The van der Waals surface area contributed by atoms with E-state index in [1.54, 1.807) is 21.6 Å². The van der Waals surface area contributed by atoms with E-state index in [1.807, 2.05) is 13.1 Å². The standard InChI is InChI=1S/C13H13N3O4S/c1-15-11(9-3-2-4-18-9)14-16(13(15)21)7-5-8(17)12-19-6-10(7)20-12/h2-4,7,10,12H,5-6H2,1H3/t7-,10+,12+/m0/s1. The minimum Gasteiger partial charge on any atom is -0.461 e. The van der Waals surface area contributed by atoms with Crippen molar-refractivity contribution < 1.29 is 18.7 Å². The molecule has 0 unspecified atom stereocenters. The van der Waals surface area contributed by atoms with E-state index in [0.717, 1.165) is 0 Å².